The molecular weight excluding hydrogens is 338 g/mol. The Hall–Kier alpha value is -1.03. The molecule has 0 atom stereocenters. The molecular formula is C16H17BrClNO. The molecule has 1 N–H and O–H groups in total. The number of rotatable bonds is 6. The van der Waals surface area contributed by atoms with E-state index < -0.39 is 0 Å². The maximum Gasteiger partial charge on any atom is 0.119 e. The van der Waals surface area contributed by atoms with Crippen molar-refractivity contribution in [3.05, 3.63) is 63.1 Å². The SMILES string of the molecule is COc1cccc(CCNCc2ccc(Br)c(Cl)c2)c1. The summed E-state index contributed by atoms with van der Waals surface area (Å²) in [6, 6.07) is 14.2. The Morgan fingerprint density at radius 2 is 2.00 bits per heavy atom. The van der Waals surface area contributed by atoms with E-state index in [9.17, 15) is 0 Å². The molecule has 0 saturated heterocycles. The molecule has 2 rings (SSSR count). The van der Waals surface area contributed by atoms with Crippen LogP contribution in [0.2, 0.25) is 5.02 Å². The number of ether oxygens (including phenoxy) is 1. The van der Waals surface area contributed by atoms with Crippen LogP contribution in [-0.2, 0) is 13.0 Å². The summed E-state index contributed by atoms with van der Waals surface area (Å²) in [7, 11) is 1.69. The molecule has 0 heterocycles. The second kappa shape index (κ2) is 7.67. The number of benzene rings is 2. The van der Waals surface area contributed by atoms with E-state index in [1.165, 1.54) is 11.1 Å². The van der Waals surface area contributed by atoms with E-state index in [1.807, 2.05) is 24.3 Å². The fraction of sp³-hybridized carbons (Fsp3) is 0.250. The summed E-state index contributed by atoms with van der Waals surface area (Å²) in [5.74, 6) is 0.905. The van der Waals surface area contributed by atoms with E-state index in [1.54, 1.807) is 7.11 Å². The Labute approximate surface area is 133 Å². The molecule has 2 nitrogen and oxygen atoms in total. The number of methoxy groups -OCH3 is 1. The van der Waals surface area contributed by atoms with Crippen molar-refractivity contribution in [3.8, 4) is 5.75 Å². The highest BCUT2D eigenvalue weighted by atomic mass is 79.9. The van der Waals surface area contributed by atoms with E-state index in [0.29, 0.717) is 0 Å². The third-order valence-electron chi connectivity index (χ3n) is 3.04. The lowest BCUT2D eigenvalue weighted by atomic mass is 10.1. The van der Waals surface area contributed by atoms with Crippen molar-refractivity contribution >= 4 is 27.5 Å². The van der Waals surface area contributed by atoms with Gasteiger partial charge in [-0.25, -0.2) is 0 Å². The number of nitrogens with one attached hydrogen (secondary N) is 1. The molecule has 0 radical (unpaired) electrons. The van der Waals surface area contributed by atoms with Crippen molar-refractivity contribution in [1.82, 2.24) is 5.32 Å². The highest BCUT2D eigenvalue weighted by Crippen LogP contribution is 2.23. The lowest BCUT2D eigenvalue weighted by Crippen LogP contribution is -2.16. The molecule has 0 bridgehead atoms. The van der Waals surface area contributed by atoms with Crippen LogP contribution in [0, 0.1) is 0 Å². The third kappa shape index (κ3) is 4.51. The first kappa shape index (κ1) is 15.4. The molecule has 0 aliphatic rings. The van der Waals surface area contributed by atoms with Gasteiger partial charge in [-0.1, -0.05) is 29.8 Å². The molecule has 0 unspecified atom stereocenters. The van der Waals surface area contributed by atoms with E-state index >= 15 is 0 Å². The predicted molar refractivity (Wildman–Crippen MR) is 87.6 cm³/mol. The summed E-state index contributed by atoms with van der Waals surface area (Å²) in [5, 5.41) is 4.17. The van der Waals surface area contributed by atoms with Gasteiger partial charge in [-0.05, 0) is 64.3 Å². The molecule has 0 aliphatic carbocycles. The Kier molecular flexibility index (Phi) is 5.89. The normalized spacial score (nSPS) is 10.6. The van der Waals surface area contributed by atoms with Crippen LogP contribution in [0.4, 0.5) is 0 Å². The number of hydrogen-bond donors (Lipinski definition) is 1. The van der Waals surface area contributed by atoms with Crippen LogP contribution in [0.3, 0.4) is 0 Å². The molecule has 4 heteroatoms. The van der Waals surface area contributed by atoms with Crippen LogP contribution in [0.15, 0.2) is 46.9 Å². The summed E-state index contributed by atoms with van der Waals surface area (Å²) in [6.07, 6.45) is 0.974. The highest BCUT2D eigenvalue weighted by molar-refractivity contribution is 9.10. The van der Waals surface area contributed by atoms with Gasteiger partial charge in [0.1, 0.15) is 5.75 Å². The van der Waals surface area contributed by atoms with Crippen LogP contribution < -0.4 is 10.1 Å². The smallest absolute Gasteiger partial charge is 0.119 e. The Morgan fingerprint density at radius 3 is 2.75 bits per heavy atom. The molecule has 0 aromatic heterocycles. The average Bonchev–Trinajstić information content (AvgIpc) is 2.47. The van der Waals surface area contributed by atoms with Crippen molar-refractivity contribution in [2.24, 2.45) is 0 Å². The first-order valence-corrected chi connectivity index (χ1v) is 7.63. The quantitative estimate of drug-likeness (QED) is 0.774. The standard InChI is InChI=1S/C16H17BrClNO/c1-20-14-4-2-3-12(9-14)7-8-19-11-13-5-6-15(17)16(18)10-13/h2-6,9-10,19H,7-8,11H2,1H3. The Balaban J connectivity index is 1.79. The summed E-state index contributed by atoms with van der Waals surface area (Å²) in [5.41, 5.74) is 2.45. The van der Waals surface area contributed by atoms with Gasteiger partial charge in [0, 0.05) is 11.0 Å². The lowest BCUT2D eigenvalue weighted by Gasteiger charge is -2.07. The molecule has 2 aromatic rings. The molecule has 20 heavy (non-hydrogen) atoms. The number of hydrogen-bond acceptors (Lipinski definition) is 2. The summed E-state index contributed by atoms with van der Waals surface area (Å²) < 4.78 is 6.15. The minimum absolute atomic E-state index is 0.747. The van der Waals surface area contributed by atoms with Crippen LogP contribution >= 0.6 is 27.5 Å². The maximum absolute atomic E-state index is 6.07. The van der Waals surface area contributed by atoms with E-state index in [2.05, 4.69) is 39.4 Å². The zero-order valence-electron chi connectivity index (χ0n) is 11.3. The van der Waals surface area contributed by atoms with Gasteiger partial charge in [0.15, 0.2) is 0 Å². The van der Waals surface area contributed by atoms with Crippen molar-refractivity contribution in [2.75, 3.05) is 13.7 Å². The van der Waals surface area contributed by atoms with Gasteiger partial charge < -0.3 is 10.1 Å². The molecule has 106 valence electrons. The average molecular weight is 355 g/mol. The largest absolute Gasteiger partial charge is 0.497 e. The Morgan fingerprint density at radius 1 is 1.15 bits per heavy atom. The highest BCUT2D eigenvalue weighted by Gasteiger charge is 2.00. The van der Waals surface area contributed by atoms with Crippen molar-refractivity contribution in [2.45, 2.75) is 13.0 Å². The summed E-state index contributed by atoms with van der Waals surface area (Å²) in [4.78, 5) is 0. The lowest BCUT2D eigenvalue weighted by molar-refractivity contribution is 0.414. The first-order chi connectivity index (χ1) is 9.69. The monoisotopic (exact) mass is 353 g/mol. The van der Waals surface area contributed by atoms with Gasteiger partial charge in [-0.15, -0.1) is 0 Å². The second-order valence-corrected chi connectivity index (χ2v) is 5.79. The molecule has 0 aliphatic heterocycles. The minimum atomic E-state index is 0.747. The zero-order chi connectivity index (χ0) is 14.4. The van der Waals surface area contributed by atoms with Crippen LogP contribution in [0.25, 0.3) is 0 Å². The molecule has 0 fully saturated rings. The van der Waals surface area contributed by atoms with Gasteiger partial charge in [0.05, 0.1) is 12.1 Å². The topological polar surface area (TPSA) is 21.3 Å². The Bertz CT molecular complexity index is 574. The molecule has 0 spiro atoms. The van der Waals surface area contributed by atoms with Gasteiger partial charge in [0.2, 0.25) is 0 Å². The molecule has 0 saturated carbocycles. The van der Waals surface area contributed by atoms with Crippen molar-refractivity contribution < 1.29 is 4.74 Å². The van der Waals surface area contributed by atoms with Gasteiger partial charge >= 0.3 is 0 Å². The van der Waals surface area contributed by atoms with Crippen molar-refractivity contribution in [3.63, 3.8) is 0 Å². The summed E-state index contributed by atoms with van der Waals surface area (Å²) in [6.45, 7) is 1.73. The van der Waals surface area contributed by atoms with Crippen LogP contribution in [0.1, 0.15) is 11.1 Å². The molecule has 0 amide bonds. The molecule has 2 aromatic carbocycles. The van der Waals surface area contributed by atoms with Crippen molar-refractivity contribution in [1.29, 1.82) is 0 Å². The first-order valence-electron chi connectivity index (χ1n) is 6.46. The second-order valence-electron chi connectivity index (χ2n) is 4.53. The van der Waals surface area contributed by atoms with Gasteiger partial charge in [-0.2, -0.15) is 0 Å². The minimum Gasteiger partial charge on any atom is -0.497 e. The van der Waals surface area contributed by atoms with Crippen LogP contribution in [-0.4, -0.2) is 13.7 Å². The fourth-order valence-corrected chi connectivity index (χ4v) is 2.39. The third-order valence-corrected chi connectivity index (χ3v) is 4.27. The van der Waals surface area contributed by atoms with E-state index in [0.717, 1.165) is 34.8 Å². The number of halogens is 2. The van der Waals surface area contributed by atoms with Crippen LogP contribution in [0.5, 0.6) is 5.75 Å². The maximum atomic E-state index is 6.07. The predicted octanol–water partition coefficient (Wildman–Crippen LogP) is 4.44. The summed E-state index contributed by atoms with van der Waals surface area (Å²) >= 11 is 9.46. The van der Waals surface area contributed by atoms with E-state index in [4.69, 9.17) is 16.3 Å². The van der Waals surface area contributed by atoms with Gasteiger partial charge in [-0.3, -0.25) is 0 Å². The fourth-order valence-electron chi connectivity index (χ4n) is 1.94. The van der Waals surface area contributed by atoms with Gasteiger partial charge in [0.25, 0.3) is 0 Å². The van der Waals surface area contributed by atoms with E-state index in [-0.39, 0.29) is 0 Å². The zero-order valence-corrected chi connectivity index (χ0v) is 13.7.